The van der Waals surface area contributed by atoms with Crippen LogP contribution in [0.25, 0.3) is 0 Å². The van der Waals surface area contributed by atoms with E-state index in [2.05, 4.69) is 56.3 Å². The van der Waals surface area contributed by atoms with Gasteiger partial charge in [-0.3, -0.25) is 9.69 Å². The molecule has 0 saturated carbocycles. The second-order valence-electron chi connectivity index (χ2n) is 7.56. The molecule has 8 heteroatoms. The Morgan fingerprint density at radius 2 is 1.93 bits per heavy atom. The van der Waals surface area contributed by atoms with E-state index in [0.29, 0.717) is 12.5 Å². The van der Waals surface area contributed by atoms with E-state index in [1.165, 1.54) is 11.9 Å². The van der Waals surface area contributed by atoms with E-state index in [1.54, 1.807) is 0 Å². The van der Waals surface area contributed by atoms with Gasteiger partial charge in [-0.25, -0.2) is 9.97 Å². The Morgan fingerprint density at radius 3 is 2.63 bits per heavy atom. The first-order valence-electron chi connectivity index (χ1n) is 10.6. The summed E-state index contributed by atoms with van der Waals surface area (Å²) in [6.45, 7) is 8.28. The van der Waals surface area contributed by atoms with E-state index >= 15 is 0 Å². The molecule has 0 spiro atoms. The molecular formula is C22H31ClN6O. The van der Waals surface area contributed by atoms with Crippen LogP contribution in [-0.4, -0.2) is 73.6 Å². The van der Waals surface area contributed by atoms with Crippen LogP contribution in [0.2, 0.25) is 5.02 Å². The molecule has 1 fully saturated rings. The second kappa shape index (κ2) is 11.1. The number of unbranched alkanes of at least 4 members (excludes halogenated alkanes) is 1. The van der Waals surface area contributed by atoms with Crippen molar-refractivity contribution in [3.63, 3.8) is 0 Å². The Labute approximate surface area is 184 Å². The van der Waals surface area contributed by atoms with Gasteiger partial charge in [-0.05, 0) is 18.6 Å². The first-order chi connectivity index (χ1) is 14.6. The molecule has 7 nitrogen and oxygen atoms in total. The number of benzene rings is 1. The van der Waals surface area contributed by atoms with E-state index in [0.717, 1.165) is 52.1 Å². The second-order valence-corrected chi connectivity index (χ2v) is 7.97. The summed E-state index contributed by atoms with van der Waals surface area (Å²) in [5, 5.41) is 3.23. The highest BCUT2D eigenvalue weighted by molar-refractivity contribution is 6.33. The van der Waals surface area contributed by atoms with E-state index < -0.39 is 0 Å². The van der Waals surface area contributed by atoms with Gasteiger partial charge in [0, 0.05) is 58.5 Å². The molecule has 1 amide bonds. The lowest BCUT2D eigenvalue weighted by atomic mass is 10.2. The normalized spacial score (nSPS) is 14.6. The van der Waals surface area contributed by atoms with Gasteiger partial charge in [0.05, 0.1) is 11.2 Å². The Balaban J connectivity index is 1.46. The lowest BCUT2D eigenvalue weighted by Gasteiger charge is -2.36. The molecule has 1 aliphatic rings. The van der Waals surface area contributed by atoms with E-state index in [4.69, 9.17) is 11.6 Å². The van der Waals surface area contributed by atoms with Crippen LogP contribution < -0.4 is 15.1 Å². The van der Waals surface area contributed by atoms with Gasteiger partial charge in [0.25, 0.3) is 5.91 Å². The highest BCUT2D eigenvalue weighted by atomic mass is 35.5. The summed E-state index contributed by atoms with van der Waals surface area (Å²) in [5.41, 5.74) is 1.50. The number of hydrogen-bond donors (Lipinski definition) is 1. The van der Waals surface area contributed by atoms with Gasteiger partial charge in [-0.15, -0.1) is 0 Å². The van der Waals surface area contributed by atoms with Crippen LogP contribution in [0.3, 0.4) is 0 Å². The molecular weight excluding hydrogens is 400 g/mol. The van der Waals surface area contributed by atoms with Crippen LogP contribution in [0.4, 0.5) is 11.6 Å². The first-order valence-corrected chi connectivity index (χ1v) is 11.0. The Hall–Kier alpha value is -2.38. The predicted molar refractivity (Wildman–Crippen MR) is 123 cm³/mol. The Morgan fingerprint density at radius 1 is 1.20 bits per heavy atom. The van der Waals surface area contributed by atoms with Crippen molar-refractivity contribution in [3.05, 3.63) is 47.2 Å². The van der Waals surface area contributed by atoms with Crippen molar-refractivity contribution in [1.82, 2.24) is 20.2 Å². The van der Waals surface area contributed by atoms with Gasteiger partial charge in [0.1, 0.15) is 0 Å². The van der Waals surface area contributed by atoms with E-state index in [9.17, 15) is 4.79 Å². The van der Waals surface area contributed by atoms with Crippen molar-refractivity contribution in [2.75, 3.05) is 62.7 Å². The maximum absolute atomic E-state index is 12.6. The quantitative estimate of drug-likeness (QED) is 0.659. The largest absolute Gasteiger partial charge is 0.369 e. The Bertz CT molecular complexity index is 811. The van der Waals surface area contributed by atoms with E-state index in [-0.39, 0.29) is 16.6 Å². The summed E-state index contributed by atoms with van der Waals surface area (Å²) >= 11 is 6.18. The maximum Gasteiger partial charge on any atom is 0.271 e. The zero-order valence-electron chi connectivity index (χ0n) is 17.9. The topological polar surface area (TPSA) is 64.6 Å². The molecule has 1 N–H and O–H groups in total. The SMILES string of the molecule is CCCCN(C)c1ncc(Cl)c(C(=O)NCCN2CCN(c3ccccc3)CC2)n1. The van der Waals surface area contributed by atoms with Crippen LogP contribution in [0, 0.1) is 0 Å². The average Bonchev–Trinajstić information content (AvgIpc) is 2.78. The number of aromatic nitrogens is 2. The third-order valence-electron chi connectivity index (χ3n) is 5.34. The zero-order chi connectivity index (χ0) is 21.3. The van der Waals surface area contributed by atoms with Crippen LogP contribution >= 0.6 is 11.6 Å². The molecule has 1 aliphatic heterocycles. The third-order valence-corrected chi connectivity index (χ3v) is 5.62. The molecule has 30 heavy (non-hydrogen) atoms. The molecule has 0 unspecified atom stereocenters. The van der Waals surface area contributed by atoms with Crippen LogP contribution in [-0.2, 0) is 0 Å². The summed E-state index contributed by atoms with van der Waals surface area (Å²) in [6, 6.07) is 10.5. The molecule has 0 atom stereocenters. The van der Waals surface area contributed by atoms with Crippen molar-refractivity contribution in [3.8, 4) is 0 Å². The number of para-hydroxylation sites is 1. The fourth-order valence-electron chi connectivity index (χ4n) is 3.48. The van der Waals surface area contributed by atoms with Gasteiger partial charge >= 0.3 is 0 Å². The summed E-state index contributed by atoms with van der Waals surface area (Å²) in [6.07, 6.45) is 3.64. The molecule has 0 bridgehead atoms. The third kappa shape index (κ3) is 6.06. The van der Waals surface area contributed by atoms with Gasteiger partial charge < -0.3 is 15.1 Å². The molecule has 2 aromatic rings. The lowest BCUT2D eigenvalue weighted by molar-refractivity contribution is 0.0943. The fourth-order valence-corrected chi connectivity index (χ4v) is 3.65. The number of amides is 1. The number of hydrogen-bond acceptors (Lipinski definition) is 6. The molecule has 1 aromatic carbocycles. The van der Waals surface area contributed by atoms with Crippen LogP contribution in [0.5, 0.6) is 0 Å². The molecule has 0 radical (unpaired) electrons. The van der Waals surface area contributed by atoms with Gasteiger partial charge in [0.15, 0.2) is 5.69 Å². The predicted octanol–water partition coefficient (Wildman–Crippen LogP) is 2.92. The molecule has 162 valence electrons. The molecule has 1 aromatic heterocycles. The van der Waals surface area contributed by atoms with Crippen molar-refractivity contribution in [2.24, 2.45) is 0 Å². The smallest absolute Gasteiger partial charge is 0.271 e. The number of halogens is 1. The number of rotatable bonds is 9. The number of nitrogens with one attached hydrogen (secondary N) is 1. The van der Waals surface area contributed by atoms with Crippen molar-refractivity contribution in [1.29, 1.82) is 0 Å². The molecule has 0 aliphatic carbocycles. The van der Waals surface area contributed by atoms with Gasteiger partial charge in [-0.2, -0.15) is 0 Å². The molecule has 2 heterocycles. The summed E-state index contributed by atoms with van der Waals surface area (Å²) in [7, 11) is 1.93. The number of anilines is 2. The van der Waals surface area contributed by atoms with E-state index in [1.807, 2.05) is 18.0 Å². The molecule has 1 saturated heterocycles. The highest BCUT2D eigenvalue weighted by Crippen LogP contribution is 2.17. The first kappa shape index (κ1) is 22.3. The minimum atomic E-state index is -0.254. The van der Waals surface area contributed by atoms with Crippen molar-refractivity contribution in [2.45, 2.75) is 19.8 Å². The summed E-state index contributed by atoms with van der Waals surface area (Å²) in [5.74, 6) is 0.269. The average molecular weight is 431 g/mol. The molecule has 3 rings (SSSR count). The van der Waals surface area contributed by atoms with Crippen molar-refractivity contribution >= 4 is 29.1 Å². The number of piperazine rings is 1. The minimum Gasteiger partial charge on any atom is -0.369 e. The van der Waals surface area contributed by atoms with Gasteiger partial charge in [-0.1, -0.05) is 43.1 Å². The Kier molecular flexibility index (Phi) is 8.28. The standard InChI is InChI=1S/C22H31ClN6O/c1-3-4-11-27(2)22-25-17-19(23)20(26-22)21(30)24-10-12-28-13-15-29(16-14-28)18-8-6-5-7-9-18/h5-9,17H,3-4,10-16H2,1-2H3,(H,24,30). The maximum atomic E-state index is 12.6. The zero-order valence-corrected chi connectivity index (χ0v) is 18.6. The fraction of sp³-hybridized carbons (Fsp3) is 0.500. The number of carbonyl (C=O) groups excluding carboxylic acids is 1. The van der Waals surface area contributed by atoms with Crippen molar-refractivity contribution < 1.29 is 4.79 Å². The number of nitrogens with zero attached hydrogens (tertiary/aromatic N) is 5. The van der Waals surface area contributed by atoms with Gasteiger partial charge in [0.2, 0.25) is 5.95 Å². The monoisotopic (exact) mass is 430 g/mol. The van der Waals surface area contributed by atoms with Crippen LogP contribution in [0.1, 0.15) is 30.3 Å². The van der Waals surface area contributed by atoms with Crippen LogP contribution in [0.15, 0.2) is 36.5 Å². The summed E-state index contributed by atoms with van der Waals surface area (Å²) in [4.78, 5) is 27.9. The summed E-state index contributed by atoms with van der Waals surface area (Å²) < 4.78 is 0. The lowest BCUT2D eigenvalue weighted by Crippen LogP contribution is -2.48. The number of carbonyl (C=O) groups is 1. The minimum absolute atomic E-state index is 0.235. The highest BCUT2D eigenvalue weighted by Gasteiger charge is 2.18.